The first-order valence-electron chi connectivity index (χ1n) is 7.65. The third-order valence-corrected chi connectivity index (χ3v) is 4.32. The molecule has 1 aliphatic heterocycles. The van der Waals surface area contributed by atoms with E-state index in [0.29, 0.717) is 12.5 Å². The first-order valence-corrected chi connectivity index (χ1v) is 7.65. The molecule has 0 aliphatic carbocycles. The highest BCUT2D eigenvalue weighted by molar-refractivity contribution is 5.26. The van der Waals surface area contributed by atoms with Crippen LogP contribution in [0.25, 0.3) is 0 Å². The third-order valence-electron chi connectivity index (χ3n) is 4.32. The standard InChI is InChI=1S/C16H27N3O/c1-11(10-17)9-14-12(2)18-15(19-13(14)3)16(4)7-5-6-8-20-16/h11H,5-10,17H2,1-4H3. The van der Waals surface area contributed by atoms with E-state index in [1.165, 1.54) is 12.0 Å². The Bertz CT molecular complexity index is 444. The molecule has 4 nitrogen and oxygen atoms in total. The summed E-state index contributed by atoms with van der Waals surface area (Å²) in [7, 11) is 0. The van der Waals surface area contributed by atoms with Crippen molar-refractivity contribution in [3.8, 4) is 0 Å². The molecule has 1 saturated heterocycles. The van der Waals surface area contributed by atoms with Crippen LogP contribution in [0.5, 0.6) is 0 Å². The van der Waals surface area contributed by atoms with Gasteiger partial charge in [0.15, 0.2) is 5.82 Å². The number of aryl methyl sites for hydroxylation is 2. The fraction of sp³-hybridized carbons (Fsp3) is 0.750. The molecule has 1 aromatic rings. The van der Waals surface area contributed by atoms with Crippen LogP contribution in [-0.2, 0) is 16.8 Å². The number of aromatic nitrogens is 2. The number of hydrogen-bond donors (Lipinski definition) is 1. The van der Waals surface area contributed by atoms with Crippen LogP contribution >= 0.6 is 0 Å². The van der Waals surface area contributed by atoms with Gasteiger partial charge in [-0.15, -0.1) is 0 Å². The maximum absolute atomic E-state index is 5.96. The van der Waals surface area contributed by atoms with Gasteiger partial charge in [0.2, 0.25) is 0 Å². The minimum atomic E-state index is -0.314. The first kappa shape index (κ1) is 15.4. The average molecular weight is 277 g/mol. The van der Waals surface area contributed by atoms with Crippen molar-refractivity contribution in [1.29, 1.82) is 0 Å². The van der Waals surface area contributed by atoms with E-state index in [1.807, 2.05) is 0 Å². The van der Waals surface area contributed by atoms with Gasteiger partial charge in [0.1, 0.15) is 5.60 Å². The summed E-state index contributed by atoms with van der Waals surface area (Å²) in [5.74, 6) is 1.31. The van der Waals surface area contributed by atoms with Crippen molar-refractivity contribution in [3.63, 3.8) is 0 Å². The minimum Gasteiger partial charge on any atom is -0.367 e. The largest absolute Gasteiger partial charge is 0.367 e. The number of nitrogens with zero attached hydrogens (tertiary/aromatic N) is 2. The van der Waals surface area contributed by atoms with E-state index in [-0.39, 0.29) is 5.60 Å². The van der Waals surface area contributed by atoms with E-state index >= 15 is 0 Å². The van der Waals surface area contributed by atoms with Crippen molar-refractivity contribution in [2.24, 2.45) is 11.7 Å². The predicted octanol–water partition coefficient (Wildman–Crippen LogP) is 2.65. The van der Waals surface area contributed by atoms with Gasteiger partial charge in [-0.2, -0.15) is 0 Å². The summed E-state index contributed by atoms with van der Waals surface area (Å²) in [6, 6.07) is 0. The van der Waals surface area contributed by atoms with Gasteiger partial charge in [-0.05, 0) is 64.5 Å². The molecule has 0 amide bonds. The van der Waals surface area contributed by atoms with Gasteiger partial charge in [-0.1, -0.05) is 6.92 Å². The Labute approximate surface area is 122 Å². The fourth-order valence-electron chi connectivity index (χ4n) is 2.81. The summed E-state index contributed by atoms with van der Waals surface area (Å²) in [6.45, 7) is 9.93. The predicted molar refractivity (Wildman–Crippen MR) is 80.6 cm³/mol. The molecular formula is C16H27N3O. The minimum absolute atomic E-state index is 0.314. The zero-order valence-corrected chi connectivity index (χ0v) is 13.2. The molecule has 1 aliphatic rings. The molecule has 4 heteroatoms. The molecule has 0 aromatic carbocycles. The second kappa shape index (κ2) is 6.19. The van der Waals surface area contributed by atoms with Crippen LogP contribution < -0.4 is 5.73 Å². The highest BCUT2D eigenvalue weighted by Gasteiger charge is 2.33. The monoisotopic (exact) mass is 277 g/mol. The lowest BCUT2D eigenvalue weighted by Crippen LogP contribution is -2.33. The molecule has 112 valence electrons. The van der Waals surface area contributed by atoms with Crippen molar-refractivity contribution >= 4 is 0 Å². The Kier molecular flexibility index (Phi) is 4.76. The quantitative estimate of drug-likeness (QED) is 0.919. The SMILES string of the molecule is Cc1nc(C2(C)CCCCO2)nc(C)c1CC(C)CN. The van der Waals surface area contributed by atoms with Crippen LogP contribution in [0.4, 0.5) is 0 Å². The summed E-state index contributed by atoms with van der Waals surface area (Å²) >= 11 is 0. The summed E-state index contributed by atoms with van der Waals surface area (Å²) in [5.41, 5.74) is 8.80. The molecule has 0 bridgehead atoms. The molecular weight excluding hydrogens is 250 g/mol. The molecule has 1 fully saturated rings. The van der Waals surface area contributed by atoms with Gasteiger partial charge >= 0.3 is 0 Å². The zero-order valence-electron chi connectivity index (χ0n) is 13.2. The Morgan fingerprint density at radius 1 is 1.25 bits per heavy atom. The first-order chi connectivity index (χ1) is 9.46. The van der Waals surface area contributed by atoms with Gasteiger partial charge in [-0.25, -0.2) is 9.97 Å². The summed E-state index contributed by atoms with van der Waals surface area (Å²) in [6.07, 6.45) is 4.28. The maximum atomic E-state index is 5.96. The van der Waals surface area contributed by atoms with Crippen LogP contribution in [0.3, 0.4) is 0 Å². The Morgan fingerprint density at radius 3 is 2.40 bits per heavy atom. The van der Waals surface area contributed by atoms with Crippen molar-refractivity contribution < 1.29 is 4.74 Å². The second-order valence-corrected chi connectivity index (χ2v) is 6.28. The average Bonchev–Trinajstić information content (AvgIpc) is 2.43. The molecule has 0 saturated carbocycles. The normalized spacial score (nSPS) is 24.6. The summed E-state index contributed by atoms with van der Waals surface area (Å²) < 4.78 is 5.96. The molecule has 0 spiro atoms. The molecule has 2 atom stereocenters. The Hall–Kier alpha value is -1.00. The van der Waals surface area contributed by atoms with Crippen LogP contribution in [-0.4, -0.2) is 23.1 Å². The van der Waals surface area contributed by atoms with Gasteiger partial charge < -0.3 is 10.5 Å². The molecule has 1 aromatic heterocycles. The van der Waals surface area contributed by atoms with E-state index in [9.17, 15) is 0 Å². The van der Waals surface area contributed by atoms with Gasteiger partial charge in [0, 0.05) is 18.0 Å². The third kappa shape index (κ3) is 3.18. The number of rotatable bonds is 4. The van der Waals surface area contributed by atoms with Crippen molar-refractivity contribution in [2.75, 3.05) is 13.2 Å². The summed E-state index contributed by atoms with van der Waals surface area (Å²) in [5, 5.41) is 0. The lowest BCUT2D eigenvalue weighted by atomic mass is 9.93. The van der Waals surface area contributed by atoms with Crippen LogP contribution in [0.1, 0.15) is 55.9 Å². The maximum Gasteiger partial charge on any atom is 0.160 e. The Morgan fingerprint density at radius 2 is 1.90 bits per heavy atom. The number of hydrogen-bond acceptors (Lipinski definition) is 4. The van der Waals surface area contributed by atoms with Crippen molar-refractivity contribution in [2.45, 2.75) is 59.0 Å². The van der Waals surface area contributed by atoms with E-state index in [4.69, 9.17) is 20.4 Å². The fourth-order valence-corrected chi connectivity index (χ4v) is 2.81. The van der Waals surface area contributed by atoms with Gasteiger partial charge in [-0.3, -0.25) is 0 Å². The van der Waals surface area contributed by atoms with Crippen molar-refractivity contribution in [3.05, 3.63) is 22.8 Å². The lowest BCUT2D eigenvalue weighted by Gasteiger charge is -2.33. The molecule has 2 unspecified atom stereocenters. The topological polar surface area (TPSA) is 61.0 Å². The highest BCUT2D eigenvalue weighted by Crippen LogP contribution is 2.33. The van der Waals surface area contributed by atoms with E-state index in [1.54, 1.807) is 0 Å². The smallest absolute Gasteiger partial charge is 0.160 e. The van der Waals surface area contributed by atoms with E-state index < -0.39 is 0 Å². The summed E-state index contributed by atoms with van der Waals surface area (Å²) in [4.78, 5) is 9.48. The van der Waals surface area contributed by atoms with E-state index in [0.717, 1.165) is 43.1 Å². The number of nitrogens with two attached hydrogens (primary N) is 1. The zero-order chi connectivity index (χ0) is 14.8. The molecule has 2 N–H and O–H groups in total. The molecule has 2 heterocycles. The highest BCUT2D eigenvalue weighted by atomic mass is 16.5. The Balaban J connectivity index is 2.29. The molecule has 20 heavy (non-hydrogen) atoms. The van der Waals surface area contributed by atoms with Crippen LogP contribution in [0.2, 0.25) is 0 Å². The number of ether oxygens (including phenoxy) is 1. The van der Waals surface area contributed by atoms with E-state index in [2.05, 4.69) is 27.7 Å². The van der Waals surface area contributed by atoms with Gasteiger partial charge in [0.25, 0.3) is 0 Å². The lowest BCUT2D eigenvalue weighted by molar-refractivity contribution is -0.0762. The van der Waals surface area contributed by atoms with Crippen LogP contribution in [0, 0.1) is 19.8 Å². The molecule has 2 rings (SSSR count). The second-order valence-electron chi connectivity index (χ2n) is 6.28. The van der Waals surface area contributed by atoms with Crippen LogP contribution in [0.15, 0.2) is 0 Å². The molecule has 0 radical (unpaired) electrons. The van der Waals surface area contributed by atoms with Gasteiger partial charge in [0.05, 0.1) is 0 Å². The van der Waals surface area contributed by atoms with Crippen molar-refractivity contribution in [1.82, 2.24) is 9.97 Å².